The van der Waals surface area contributed by atoms with Crippen LogP contribution >= 0.6 is 0 Å². The highest BCUT2D eigenvalue weighted by molar-refractivity contribution is 5.93. The molecule has 1 amide bonds. The third-order valence-corrected chi connectivity index (χ3v) is 5.67. The molecule has 1 N–H and O–H groups in total. The molecule has 20 heavy (non-hydrogen) atoms. The predicted octanol–water partition coefficient (Wildman–Crippen LogP) is 2.60. The molecule has 0 aliphatic heterocycles. The van der Waals surface area contributed by atoms with E-state index in [0.29, 0.717) is 5.69 Å². The number of rotatable bonds is 3. The molecule has 4 nitrogen and oxygen atoms in total. The van der Waals surface area contributed by atoms with Gasteiger partial charge in [-0.25, -0.2) is 0 Å². The normalized spacial score (nSPS) is 38.1. The van der Waals surface area contributed by atoms with Gasteiger partial charge in [0.15, 0.2) is 0 Å². The summed E-state index contributed by atoms with van der Waals surface area (Å²) in [5.74, 6) is 2.65. The minimum atomic E-state index is 0.0753. The maximum absolute atomic E-state index is 12.6. The fourth-order valence-corrected chi connectivity index (χ4v) is 5.35. The number of aryl methyl sites for hydroxylation is 1. The highest BCUT2D eigenvalue weighted by Crippen LogP contribution is 2.55. The Kier molecular flexibility index (Phi) is 2.69. The lowest BCUT2D eigenvalue weighted by Crippen LogP contribution is -2.60. The third-order valence-electron chi connectivity index (χ3n) is 5.67. The summed E-state index contributed by atoms with van der Waals surface area (Å²) in [7, 11) is 0. The zero-order valence-corrected chi connectivity index (χ0v) is 12.1. The van der Waals surface area contributed by atoms with Gasteiger partial charge in [-0.2, -0.15) is 5.10 Å². The first-order chi connectivity index (χ1) is 9.67. The molecule has 1 aromatic rings. The van der Waals surface area contributed by atoms with Crippen LogP contribution in [0.5, 0.6) is 0 Å². The number of carbonyl (C=O) groups is 1. The molecule has 0 atom stereocenters. The van der Waals surface area contributed by atoms with Crippen LogP contribution < -0.4 is 5.32 Å². The molecule has 5 rings (SSSR count). The zero-order valence-electron chi connectivity index (χ0n) is 12.1. The predicted molar refractivity (Wildman–Crippen MR) is 76.3 cm³/mol. The van der Waals surface area contributed by atoms with E-state index in [1.165, 1.54) is 38.5 Å². The molecular weight excluding hydrogens is 250 g/mol. The molecule has 0 aromatic carbocycles. The van der Waals surface area contributed by atoms with Crippen molar-refractivity contribution in [3.8, 4) is 0 Å². The van der Waals surface area contributed by atoms with E-state index in [-0.39, 0.29) is 11.4 Å². The number of hydrogen-bond donors (Lipinski definition) is 1. The zero-order chi connectivity index (χ0) is 13.7. The Morgan fingerprint density at radius 2 is 1.90 bits per heavy atom. The Bertz CT molecular complexity index is 498. The molecule has 4 bridgehead atoms. The van der Waals surface area contributed by atoms with Gasteiger partial charge in [0.2, 0.25) is 0 Å². The Morgan fingerprint density at radius 3 is 2.45 bits per heavy atom. The first-order valence-corrected chi connectivity index (χ1v) is 8.02. The lowest BCUT2D eigenvalue weighted by Gasteiger charge is -2.56. The molecular formula is C16H23N3O. The van der Waals surface area contributed by atoms with Gasteiger partial charge < -0.3 is 5.32 Å². The fraction of sp³-hybridized carbons (Fsp3) is 0.750. The lowest BCUT2D eigenvalue weighted by atomic mass is 9.53. The van der Waals surface area contributed by atoms with Gasteiger partial charge in [0, 0.05) is 18.3 Å². The summed E-state index contributed by atoms with van der Waals surface area (Å²) in [5, 5.41) is 7.61. The van der Waals surface area contributed by atoms with Crippen molar-refractivity contribution in [2.75, 3.05) is 0 Å². The van der Waals surface area contributed by atoms with Gasteiger partial charge in [-0.1, -0.05) is 0 Å². The standard InChI is InChI=1S/C16H23N3O/c1-2-19-14(3-4-17-19)15(20)18-16-8-11-5-12(9-16)7-13(6-11)10-16/h3-4,11-13H,2,5-10H2,1H3,(H,18,20). The number of amides is 1. The summed E-state index contributed by atoms with van der Waals surface area (Å²) in [5.41, 5.74) is 0.803. The number of aromatic nitrogens is 2. The van der Waals surface area contributed by atoms with Gasteiger partial charge in [-0.15, -0.1) is 0 Å². The van der Waals surface area contributed by atoms with Crippen molar-refractivity contribution in [3.63, 3.8) is 0 Å². The van der Waals surface area contributed by atoms with Gasteiger partial charge in [0.05, 0.1) is 0 Å². The van der Waals surface area contributed by atoms with Crippen molar-refractivity contribution in [2.45, 2.75) is 57.5 Å². The van der Waals surface area contributed by atoms with Crippen LogP contribution in [0.25, 0.3) is 0 Å². The summed E-state index contributed by atoms with van der Waals surface area (Å²) >= 11 is 0. The van der Waals surface area contributed by atoms with Crippen molar-refractivity contribution in [2.24, 2.45) is 17.8 Å². The maximum Gasteiger partial charge on any atom is 0.269 e. The van der Waals surface area contributed by atoms with Crippen LogP contribution in [0.4, 0.5) is 0 Å². The first kappa shape index (κ1) is 12.4. The highest BCUT2D eigenvalue weighted by Gasteiger charge is 2.51. The molecule has 0 unspecified atom stereocenters. The largest absolute Gasteiger partial charge is 0.345 e. The average molecular weight is 273 g/mol. The van der Waals surface area contributed by atoms with Crippen molar-refractivity contribution >= 4 is 5.91 Å². The summed E-state index contributed by atoms with van der Waals surface area (Å²) in [4.78, 5) is 12.6. The molecule has 0 spiro atoms. The number of hydrogen-bond acceptors (Lipinski definition) is 2. The van der Waals surface area contributed by atoms with E-state index < -0.39 is 0 Å². The van der Waals surface area contributed by atoms with E-state index in [0.717, 1.165) is 24.3 Å². The summed E-state index contributed by atoms with van der Waals surface area (Å²) in [6.45, 7) is 2.77. The van der Waals surface area contributed by atoms with Crippen LogP contribution in [-0.2, 0) is 6.54 Å². The van der Waals surface area contributed by atoms with E-state index in [2.05, 4.69) is 10.4 Å². The smallest absolute Gasteiger partial charge is 0.269 e. The van der Waals surface area contributed by atoms with E-state index in [4.69, 9.17) is 0 Å². The third kappa shape index (κ3) is 1.88. The summed E-state index contributed by atoms with van der Waals surface area (Å²) in [6.07, 6.45) is 9.53. The molecule has 108 valence electrons. The minimum Gasteiger partial charge on any atom is -0.345 e. The topological polar surface area (TPSA) is 46.9 Å². The fourth-order valence-electron chi connectivity index (χ4n) is 5.35. The van der Waals surface area contributed by atoms with E-state index in [1.807, 2.05) is 13.0 Å². The van der Waals surface area contributed by atoms with Crippen LogP contribution in [0.3, 0.4) is 0 Å². The van der Waals surface area contributed by atoms with Crippen LogP contribution in [0.2, 0.25) is 0 Å². The van der Waals surface area contributed by atoms with Gasteiger partial charge in [-0.05, 0) is 69.3 Å². The van der Waals surface area contributed by atoms with E-state index >= 15 is 0 Å². The second-order valence-corrected chi connectivity index (χ2v) is 7.18. The lowest BCUT2D eigenvalue weighted by molar-refractivity contribution is -0.0168. The average Bonchev–Trinajstić information content (AvgIpc) is 2.84. The second-order valence-electron chi connectivity index (χ2n) is 7.18. The van der Waals surface area contributed by atoms with Crippen LogP contribution in [0.1, 0.15) is 55.9 Å². The van der Waals surface area contributed by atoms with Crippen molar-refractivity contribution < 1.29 is 4.79 Å². The van der Waals surface area contributed by atoms with E-state index in [9.17, 15) is 4.79 Å². The molecule has 4 aliphatic rings. The Balaban J connectivity index is 1.55. The molecule has 0 saturated heterocycles. The SMILES string of the molecule is CCn1nccc1C(=O)NC12CC3CC(CC(C3)C1)C2. The molecule has 4 aliphatic carbocycles. The number of nitrogens with zero attached hydrogens (tertiary/aromatic N) is 2. The number of carbonyl (C=O) groups excluding carboxylic acids is 1. The summed E-state index contributed by atoms with van der Waals surface area (Å²) in [6, 6.07) is 1.83. The van der Waals surface area contributed by atoms with Gasteiger partial charge >= 0.3 is 0 Å². The first-order valence-electron chi connectivity index (χ1n) is 8.02. The molecule has 4 fully saturated rings. The molecule has 4 saturated carbocycles. The van der Waals surface area contributed by atoms with Gasteiger partial charge in [0.1, 0.15) is 5.69 Å². The maximum atomic E-state index is 12.6. The second kappa shape index (κ2) is 4.34. The van der Waals surface area contributed by atoms with Crippen LogP contribution in [0, 0.1) is 17.8 Å². The molecule has 4 heteroatoms. The van der Waals surface area contributed by atoms with E-state index in [1.54, 1.807) is 10.9 Å². The van der Waals surface area contributed by atoms with Gasteiger partial charge in [-0.3, -0.25) is 9.48 Å². The van der Waals surface area contributed by atoms with Crippen LogP contribution in [0.15, 0.2) is 12.3 Å². The highest BCUT2D eigenvalue weighted by atomic mass is 16.2. The number of nitrogens with one attached hydrogen (secondary N) is 1. The van der Waals surface area contributed by atoms with Crippen LogP contribution in [-0.4, -0.2) is 21.2 Å². The minimum absolute atomic E-state index is 0.0753. The Morgan fingerprint density at radius 1 is 1.30 bits per heavy atom. The summed E-state index contributed by atoms with van der Waals surface area (Å²) < 4.78 is 1.79. The Labute approximate surface area is 119 Å². The Hall–Kier alpha value is -1.32. The van der Waals surface area contributed by atoms with Crippen molar-refractivity contribution in [3.05, 3.63) is 18.0 Å². The van der Waals surface area contributed by atoms with Gasteiger partial charge in [0.25, 0.3) is 5.91 Å². The molecule has 1 aromatic heterocycles. The quantitative estimate of drug-likeness (QED) is 0.920. The van der Waals surface area contributed by atoms with Crippen molar-refractivity contribution in [1.29, 1.82) is 0 Å². The van der Waals surface area contributed by atoms with Crippen molar-refractivity contribution in [1.82, 2.24) is 15.1 Å². The molecule has 0 radical (unpaired) electrons. The monoisotopic (exact) mass is 273 g/mol. The molecule has 1 heterocycles.